The Balaban J connectivity index is 0.000000467. The van der Waals surface area contributed by atoms with Crippen LogP contribution in [0.3, 0.4) is 0 Å². The number of hydrogen-bond donors (Lipinski definition) is 1. The van der Waals surface area contributed by atoms with Crippen LogP contribution in [-0.4, -0.2) is 43.9 Å². The standard InChI is InChI=1S/C16H28O5.C6H13N/c1-16(2,3)21-15(18)13(9-10-19-4)11-20-14(17)12-7-5-6-8-12;7-6-4-2-1-3-5-6/h12-13H,5-11H2,1-4H3;6H,1-5,7H2. The lowest BCUT2D eigenvalue weighted by Gasteiger charge is -2.24. The van der Waals surface area contributed by atoms with Crippen molar-refractivity contribution >= 4 is 11.9 Å². The summed E-state index contributed by atoms with van der Waals surface area (Å²) in [6, 6.07) is 0.536. The van der Waals surface area contributed by atoms with Crippen LogP contribution in [0.15, 0.2) is 0 Å². The maximum absolute atomic E-state index is 12.1. The third kappa shape index (κ3) is 11.0. The van der Waals surface area contributed by atoms with Crippen molar-refractivity contribution in [3.63, 3.8) is 0 Å². The van der Waals surface area contributed by atoms with E-state index in [-0.39, 0.29) is 24.5 Å². The van der Waals surface area contributed by atoms with Crippen LogP contribution in [0.4, 0.5) is 0 Å². The molecule has 0 radical (unpaired) electrons. The van der Waals surface area contributed by atoms with E-state index in [4.69, 9.17) is 19.9 Å². The molecule has 0 heterocycles. The Labute approximate surface area is 170 Å². The molecule has 0 bridgehead atoms. The van der Waals surface area contributed by atoms with Crippen LogP contribution in [0.5, 0.6) is 0 Å². The van der Waals surface area contributed by atoms with Crippen molar-refractivity contribution in [1.29, 1.82) is 0 Å². The maximum Gasteiger partial charge on any atom is 0.313 e. The molecule has 1 atom stereocenters. The largest absolute Gasteiger partial charge is 0.465 e. The Kier molecular flexibility index (Phi) is 11.7. The Morgan fingerprint density at radius 2 is 1.57 bits per heavy atom. The summed E-state index contributed by atoms with van der Waals surface area (Å²) in [5.74, 6) is -0.974. The lowest BCUT2D eigenvalue weighted by atomic mass is 9.97. The molecule has 0 aromatic heterocycles. The second kappa shape index (κ2) is 13.2. The lowest BCUT2D eigenvalue weighted by molar-refractivity contribution is -0.165. The Hall–Kier alpha value is -1.14. The van der Waals surface area contributed by atoms with Crippen LogP contribution in [-0.2, 0) is 23.8 Å². The number of esters is 2. The molecule has 2 aliphatic rings. The molecule has 2 saturated carbocycles. The molecule has 0 spiro atoms. The van der Waals surface area contributed by atoms with Gasteiger partial charge < -0.3 is 19.9 Å². The van der Waals surface area contributed by atoms with E-state index in [0.29, 0.717) is 19.1 Å². The molecular formula is C22H41NO5. The van der Waals surface area contributed by atoms with Gasteiger partial charge in [-0.1, -0.05) is 32.1 Å². The SMILES string of the molecule is COCCC(COC(=O)C1CCCC1)C(=O)OC(C)(C)C.NC1CCCCC1. The van der Waals surface area contributed by atoms with E-state index in [0.717, 1.165) is 25.7 Å². The zero-order valence-corrected chi connectivity index (χ0v) is 18.3. The van der Waals surface area contributed by atoms with Gasteiger partial charge in [0.05, 0.1) is 11.8 Å². The first-order chi connectivity index (χ1) is 13.2. The predicted molar refractivity (Wildman–Crippen MR) is 110 cm³/mol. The molecule has 6 heteroatoms. The van der Waals surface area contributed by atoms with Crippen molar-refractivity contribution < 1.29 is 23.8 Å². The number of methoxy groups -OCH3 is 1. The van der Waals surface area contributed by atoms with Crippen LogP contribution in [0.1, 0.15) is 85.0 Å². The molecule has 2 rings (SSSR count). The minimum absolute atomic E-state index is 0.00621. The molecule has 1 unspecified atom stereocenters. The molecule has 0 aliphatic heterocycles. The molecule has 2 aliphatic carbocycles. The van der Waals surface area contributed by atoms with E-state index in [1.165, 1.54) is 32.1 Å². The number of hydrogen-bond acceptors (Lipinski definition) is 6. The average molecular weight is 400 g/mol. The minimum Gasteiger partial charge on any atom is -0.465 e. The van der Waals surface area contributed by atoms with Crippen molar-refractivity contribution in [1.82, 2.24) is 0 Å². The van der Waals surface area contributed by atoms with E-state index >= 15 is 0 Å². The van der Waals surface area contributed by atoms with Gasteiger partial charge in [0.15, 0.2) is 0 Å². The van der Waals surface area contributed by atoms with E-state index in [9.17, 15) is 9.59 Å². The van der Waals surface area contributed by atoms with Gasteiger partial charge in [-0.25, -0.2) is 0 Å². The van der Waals surface area contributed by atoms with Crippen molar-refractivity contribution in [2.24, 2.45) is 17.6 Å². The van der Waals surface area contributed by atoms with E-state index in [1.807, 2.05) is 20.8 Å². The van der Waals surface area contributed by atoms with Crippen LogP contribution in [0.2, 0.25) is 0 Å². The summed E-state index contributed by atoms with van der Waals surface area (Å²) in [5.41, 5.74) is 5.09. The number of rotatable bonds is 7. The van der Waals surface area contributed by atoms with Gasteiger partial charge in [0.25, 0.3) is 0 Å². The number of carbonyl (C=O) groups is 2. The van der Waals surface area contributed by atoms with Crippen molar-refractivity contribution in [3.8, 4) is 0 Å². The summed E-state index contributed by atoms with van der Waals surface area (Å²) in [6.45, 7) is 5.98. The molecule has 0 amide bonds. The molecule has 28 heavy (non-hydrogen) atoms. The third-order valence-electron chi connectivity index (χ3n) is 5.18. The number of nitrogens with two attached hydrogens (primary N) is 1. The maximum atomic E-state index is 12.1. The van der Waals surface area contributed by atoms with E-state index in [1.54, 1.807) is 7.11 Å². The lowest BCUT2D eigenvalue weighted by Crippen LogP contribution is -2.32. The van der Waals surface area contributed by atoms with Gasteiger partial charge in [-0.2, -0.15) is 0 Å². The molecule has 0 saturated heterocycles. The molecule has 2 N–H and O–H groups in total. The highest BCUT2D eigenvalue weighted by Gasteiger charge is 2.29. The summed E-state index contributed by atoms with van der Waals surface area (Å²) < 4.78 is 15.7. The van der Waals surface area contributed by atoms with Crippen molar-refractivity contribution in [2.45, 2.75) is 96.6 Å². The van der Waals surface area contributed by atoms with Gasteiger partial charge in [0.2, 0.25) is 0 Å². The molecule has 0 aromatic rings. The summed E-state index contributed by atoms with van der Waals surface area (Å²) >= 11 is 0. The first-order valence-corrected chi connectivity index (χ1v) is 10.9. The van der Waals surface area contributed by atoms with E-state index < -0.39 is 11.5 Å². The first-order valence-electron chi connectivity index (χ1n) is 10.9. The topological polar surface area (TPSA) is 87.8 Å². The zero-order valence-electron chi connectivity index (χ0n) is 18.3. The van der Waals surface area contributed by atoms with Crippen molar-refractivity contribution in [3.05, 3.63) is 0 Å². The first kappa shape index (κ1) is 24.9. The number of ether oxygens (including phenoxy) is 3. The fourth-order valence-corrected chi connectivity index (χ4v) is 3.51. The van der Waals surface area contributed by atoms with Crippen LogP contribution < -0.4 is 5.73 Å². The normalized spacial score (nSPS) is 19.5. The molecular weight excluding hydrogens is 358 g/mol. The van der Waals surface area contributed by atoms with Crippen LogP contribution in [0.25, 0.3) is 0 Å². The second-order valence-corrected chi connectivity index (χ2v) is 9.02. The summed E-state index contributed by atoms with van der Waals surface area (Å²) in [7, 11) is 1.58. The molecule has 164 valence electrons. The van der Waals surface area contributed by atoms with Crippen LogP contribution in [0, 0.1) is 11.8 Å². The summed E-state index contributed by atoms with van der Waals surface area (Å²) in [4.78, 5) is 24.1. The smallest absolute Gasteiger partial charge is 0.313 e. The third-order valence-corrected chi connectivity index (χ3v) is 5.18. The summed E-state index contributed by atoms with van der Waals surface area (Å²) in [5, 5.41) is 0. The molecule has 0 aromatic carbocycles. The monoisotopic (exact) mass is 399 g/mol. The Morgan fingerprint density at radius 1 is 1.00 bits per heavy atom. The Bertz CT molecular complexity index is 448. The van der Waals surface area contributed by atoms with Gasteiger partial charge in [-0.15, -0.1) is 0 Å². The second-order valence-electron chi connectivity index (χ2n) is 9.02. The Morgan fingerprint density at radius 3 is 2.04 bits per heavy atom. The molecule has 2 fully saturated rings. The van der Waals surface area contributed by atoms with Gasteiger partial charge in [0, 0.05) is 19.8 Å². The van der Waals surface area contributed by atoms with E-state index in [2.05, 4.69) is 0 Å². The quantitative estimate of drug-likeness (QED) is 0.651. The highest BCUT2D eigenvalue weighted by Crippen LogP contribution is 2.26. The average Bonchev–Trinajstić information content (AvgIpc) is 3.16. The fraction of sp³-hybridized carbons (Fsp3) is 0.909. The van der Waals surface area contributed by atoms with Gasteiger partial charge in [-0.3, -0.25) is 9.59 Å². The molecule has 6 nitrogen and oxygen atoms in total. The van der Waals surface area contributed by atoms with Crippen molar-refractivity contribution in [2.75, 3.05) is 20.3 Å². The van der Waals surface area contributed by atoms with Gasteiger partial charge in [0.1, 0.15) is 12.2 Å². The highest BCUT2D eigenvalue weighted by atomic mass is 16.6. The van der Waals surface area contributed by atoms with Gasteiger partial charge >= 0.3 is 11.9 Å². The zero-order chi connectivity index (χ0) is 21.0. The highest BCUT2D eigenvalue weighted by molar-refractivity contribution is 5.75. The summed E-state index contributed by atoms with van der Waals surface area (Å²) in [6.07, 6.45) is 11.1. The van der Waals surface area contributed by atoms with Gasteiger partial charge in [-0.05, 0) is 52.9 Å². The van der Waals surface area contributed by atoms with Crippen LogP contribution >= 0.6 is 0 Å². The predicted octanol–water partition coefficient (Wildman–Crippen LogP) is 3.99. The number of carbonyl (C=O) groups excluding carboxylic acids is 2. The fourth-order valence-electron chi connectivity index (χ4n) is 3.51. The minimum atomic E-state index is -0.544.